The monoisotopic (exact) mass is 492 g/mol. The van der Waals surface area contributed by atoms with E-state index in [0.717, 1.165) is 29.7 Å². The van der Waals surface area contributed by atoms with Crippen LogP contribution < -0.4 is 9.47 Å². The third-order valence-corrected chi connectivity index (χ3v) is 6.33. The van der Waals surface area contributed by atoms with Gasteiger partial charge in [-0.25, -0.2) is 4.39 Å². The molecular formula is C29H33FN2O4. The molecule has 1 fully saturated rings. The Morgan fingerprint density at radius 2 is 1.92 bits per heavy atom. The lowest BCUT2D eigenvalue weighted by Gasteiger charge is -2.21. The zero-order valence-corrected chi connectivity index (χ0v) is 21.3. The number of methoxy groups -OCH3 is 1. The normalized spacial score (nSPS) is 14.4. The van der Waals surface area contributed by atoms with Crippen molar-refractivity contribution in [2.24, 2.45) is 11.3 Å². The molecule has 1 N–H and O–H groups in total. The van der Waals surface area contributed by atoms with Crippen molar-refractivity contribution >= 4 is 5.97 Å². The summed E-state index contributed by atoms with van der Waals surface area (Å²) < 4.78 is 26.1. The first-order chi connectivity index (χ1) is 17.1. The molecule has 4 rings (SSSR count). The van der Waals surface area contributed by atoms with Crippen LogP contribution in [-0.2, 0) is 17.8 Å². The lowest BCUT2D eigenvalue weighted by atomic mass is 9.86. The van der Waals surface area contributed by atoms with Gasteiger partial charge in [-0.1, -0.05) is 20.8 Å². The van der Waals surface area contributed by atoms with Crippen LogP contribution >= 0.6 is 0 Å². The van der Waals surface area contributed by atoms with Gasteiger partial charge in [0.05, 0.1) is 31.1 Å². The maximum Gasteiger partial charge on any atom is 0.303 e. The van der Waals surface area contributed by atoms with Crippen LogP contribution in [0.15, 0.2) is 48.8 Å². The number of benzene rings is 1. The molecule has 1 atom stereocenters. The second-order valence-corrected chi connectivity index (χ2v) is 10.7. The summed E-state index contributed by atoms with van der Waals surface area (Å²) >= 11 is 0. The van der Waals surface area contributed by atoms with Crippen molar-refractivity contribution < 1.29 is 23.8 Å². The van der Waals surface area contributed by atoms with E-state index in [0.29, 0.717) is 35.1 Å². The largest absolute Gasteiger partial charge is 0.497 e. The first-order valence-electron chi connectivity index (χ1n) is 12.2. The van der Waals surface area contributed by atoms with E-state index in [9.17, 15) is 14.3 Å². The molecule has 0 bridgehead atoms. The van der Waals surface area contributed by atoms with Crippen molar-refractivity contribution in [3.63, 3.8) is 0 Å². The first kappa shape index (κ1) is 25.6. The summed E-state index contributed by atoms with van der Waals surface area (Å²) in [5, 5.41) is 9.32. The number of rotatable bonds is 10. The Morgan fingerprint density at radius 3 is 2.58 bits per heavy atom. The SMILES string of the molecule is COc1ccc(F)c(-c2ncc(OCc3cc(C(CC(=O)O)C4CC4)ccn3)cc2CC(C)(C)C)c1. The van der Waals surface area contributed by atoms with Gasteiger partial charge in [-0.3, -0.25) is 14.8 Å². The van der Waals surface area contributed by atoms with Crippen LogP contribution in [0.25, 0.3) is 11.3 Å². The fourth-order valence-corrected chi connectivity index (χ4v) is 4.54. The van der Waals surface area contributed by atoms with Crippen LogP contribution in [0, 0.1) is 17.2 Å². The van der Waals surface area contributed by atoms with E-state index >= 15 is 0 Å². The molecule has 1 aliphatic rings. The minimum atomic E-state index is -0.786. The molecule has 1 unspecified atom stereocenters. The number of carboxylic acids is 1. The number of aliphatic carboxylic acids is 1. The van der Waals surface area contributed by atoms with Crippen LogP contribution in [0.5, 0.6) is 11.5 Å². The van der Waals surface area contributed by atoms with E-state index < -0.39 is 5.97 Å². The second kappa shape index (κ2) is 10.6. The standard InChI is InChI=1S/C29H33FN2O4/c1-29(2,3)15-20-12-23(16-32-28(20)25-13-22(35-4)7-8-26(25)30)36-17-21-11-19(9-10-31-21)24(14-27(33)34)18-5-6-18/h7-13,16,18,24H,5-6,14-15,17H2,1-4H3,(H,33,34). The number of hydrogen-bond acceptors (Lipinski definition) is 5. The number of nitrogens with zero attached hydrogens (tertiary/aromatic N) is 2. The minimum Gasteiger partial charge on any atom is -0.497 e. The second-order valence-electron chi connectivity index (χ2n) is 10.7. The van der Waals surface area contributed by atoms with Gasteiger partial charge in [-0.15, -0.1) is 0 Å². The average Bonchev–Trinajstić information content (AvgIpc) is 3.66. The molecule has 2 heterocycles. The van der Waals surface area contributed by atoms with Crippen LogP contribution in [0.3, 0.4) is 0 Å². The van der Waals surface area contributed by atoms with Gasteiger partial charge in [-0.05, 0) is 84.0 Å². The third kappa shape index (κ3) is 6.59. The van der Waals surface area contributed by atoms with Gasteiger partial charge in [0, 0.05) is 11.8 Å². The Bertz CT molecular complexity index is 1230. The summed E-state index contributed by atoms with van der Waals surface area (Å²) in [5.74, 6) is 0.407. The van der Waals surface area contributed by atoms with Crippen molar-refractivity contribution in [2.45, 2.75) is 59.0 Å². The molecule has 1 aromatic carbocycles. The minimum absolute atomic E-state index is 0.00125. The molecule has 6 nitrogen and oxygen atoms in total. The van der Waals surface area contributed by atoms with E-state index in [1.807, 2.05) is 18.2 Å². The molecule has 0 amide bonds. The van der Waals surface area contributed by atoms with Gasteiger partial charge in [0.15, 0.2) is 0 Å². The number of pyridine rings is 2. The van der Waals surface area contributed by atoms with Crippen molar-refractivity contribution in [2.75, 3.05) is 7.11 Å². The number of carbonyl (C=O) groups is 1. The van der Waals surface area contributed by atoms with Gasteiger partial charge in [0.25, 0.3) is 0 Å². The molecule has 0 spiro atoms. The van der Waals surface area contributed by atoms with Crippen LogP contribution in [0.1, 0.15) is 62.8 Å². The molecule has 36 heavy (non-hydrogen) atoms. The number of carboxylic acid groups (broad SMARTS) is 1. The molecular weight excluding hydrogens is 459 g/mol. The summed E-state index contributed by atoms with van der Waals surface area (Å²) in [6.45, 7) is 6.58. The fourth-order valence-electron chi connectivity index (χ4n) is 4.54. The van der Waals surface area contributed by atoms with Crippen LogP contribution in [-0.4, -0.2) is 28.2 Å². The van der Waals surface area contributed by atoms with E-state index in [1.54, 1.807) is 31.6 Å². The zero-order chi connectivity index (χ0) is 25.9. The van der Waals surface area contributed by atoms with Gasteiger partial charge < -0.3 is 14.6 Å². The lowest BCUT2D eigenvalue weighted by Crippen LogP contribution is -2.12. The summed E-state index contributed by atoms with van der Waals surface area (Å²) in [6, 6.07) is 10.4. The molecule has 1 saturated carbocycles. The van der Waals surface area contributed by atoms with E-state index in [-0.39, 0.29) is 30.2 Å². The highest BCUT2D eigenvalue weighted by Gasteiger charge is 2.33. The molecule has 0 radical (unpaired) electrons. The number of halogens is 1. The Hall–Kier alpha value is -3.48. The zero-order valence-electron chi connectivity index (χ0n) is 21.3. The highest BCUT2D eigenvalue weighted by atomic mass is 19.1. The smallest absolute Gasteiger partial charge is 0.303 e. The van der Waals surface area contributed by atoms with E-state index in [4.69, 9.17) is 9.47 Å². The van der Waals surface area contributed by atoms with Gasteiger partial charge in [0.1, 0.15) is 23.9 Å². The van der Waals surface area contributed by atoms with Gasteiger partial charge in [0.2, 0.25) is 0 Å². The maximum atomic E-state index is 14.7. The summed E-state index contributed by atoms with van der Waals surface area (Å²) in [5.41, 5.74) is 3.49. The molecule has 3 aromatic rings. The molecule has 2 aromatic heterocycles. The summed E-state index contributed by atoms with van der Waals surface area (Å²) in [6.07, 6.45) is 6.24. The van der Waals surface area contributed by atoms with Crippen molar-refractivity contribution in [3.05, 3.63) is 71.4 Å². The predicted octanol–water partition coefficient (Wildman–Crippen LogP) is 6.43. The molecule has 7 heteroatoms. The molecule has 0 saturated heterocycles. The molecule has 0 aliphatic heterocycles. The summed E-state index contributed by atoms with van der Waals surface area (Å²) in [4.78, 5) is 20.4. The first-order valence-corrected chi connectivity index (χ1v) is 12.2. The lowest BCUT2D eigenvalue weighted by molar-refractivity contribution is -0.137. The third-order valence-electron chi connectivity index (χ3n) is 6.33. The van der Waals surface area contributed by atoms with Gasteiger partial charge >= 0.3 is 5.97 Å². The Labute approximate surface area is 211 Å². The van der Waals surface area contributed by atoms with Crippen LogP contribution in [0.2, 0.25) is 0 Å². The number of hydrogen-bond donors (Lipinski definition) is 1. The van der Waals surface area contributed by atoms with Crippen LogP contribution in [0.4, 0.5) is 4.39 Å². The quantitative estimate of drug-likeness (QED) is 0.351. The highest BCUT2D eigenvalue weighted by molar-refractivity contribution is 5.68. The topological polar surface area (TPSA) is 81.5 Å². The Balaban J connectivity index is 1.57. The van der Waals surface area contributed by atoms with E-state index in [2.05, 4.69) is 30.7 Å². The predicted molar refractivity (Wildman–Crippen MR) is 136 cm³/mol. The highest BCUT2D eigenvalue weighted by Crippen LogP contribution is 2.44. The molecule has 190 valence electrons. The van der Waals surface area contributed by atoms with Crippen molar-refractivity contribution in [1.82, 2.24) is 9.97 Å². The van der Waals surface area contributed by atoms with Gasteiger partial charge in [-0.2, -0.15) is 0 Å². The number of ether oxygens (including phenoxy) is 2. The average molecular weight is 493 g/mol. The maximum absolute atomic E-state index is 14.7. The molecule has 1 aliphatic carbocycles. The van der Waals surface area contributed by atoms with Crippen molar-refractivity contribution in [1.29, 1.82) is 0 Å². The number of aromatic nitrogens is 2. The fraction of sp³-hybridized carbons (Fsp3) is 0.414. The van der Waals surface area contributed by atoms with Crippen molar-refractivity contribution in [3.8, 4) is 22.8 Å². The Morgan fingerprint density at radius 1 is 1.14 bits per heavy atom. The Kier molecular flexibility index (Phi) is 7.57. The van der Waals surface area contributed by atoms with E-state index in [1.165, 1.54) is 6.07 Å². The summed E-state index contributed by atoms with van der Waals surface area (Å²) in [7, 11) is 1.55.